The molecule has 0 spiro atoms. The fourth-order valence-corrected chi connectivity index (χ4v) is 1.93. The Morgan fingerprint density at radius 3 is 2.60 bits per heavy atom. The maximum absolute atomic E-state index is 13.5. The zero-order valence-electron chi connectivity index (χ0n) is 10.8. The predicted octanol–water partition coefficient (Wildman–Crippen LogP) is 3.47. The molecule has 2 aromatic rings. The fourth-order valence-electron chi connectivity index (χ4n) is 1.93. The van der Waals surface area contributed by atoms with E-state index in [-0.39, 0.29) is 29.0 Å². The minimum atomic E-state index is -0.556. The summed E-state index contributed by atoms with van der Waals surface area (Å²) in [5, 5.41) is 10.7. The van der Waals surface area contributed by atoms with Crippen LogP contribution in [-0.2, 0) is 6.42 Å². The van der Waals surface area contributed by atoms with Gasteiger partial charge in [0.25, 0.3) is 5.69 Å². The third kappa shape index (κ3) is 2.88. The number of halogens is 1. The lowest BCUT2D eigenvalue weighted by Crippen LogP contribution is -2.07. The Morgan fingerprint density at radius 2 is 1.95 bits per heavy atom. The van der Waals surface area contributed by atoms with Crippen LogP contribution in [0.5, 0.6) is 0 Å². The summed E-state index contributed by atoms with van der Waals surface area (Å²) >= 11 is 0. The number of carbonyl (C=O) groups excluding carboxylic acids is 1. The predicted molar refractivity (Wildman–Crippen MR) is 72.3 cm³/mol. The summed E-state index contributed by atoms with van der Waals surface area (Å²) in [5.74, 6) is -0.791. The van der Waals surface area contributed by atoms with Gasteiger partial charge in [-0.05, 0) is 24.1 Å². The Labute approximate surface area is 115 Å². The van der Waals surface area contributed by atoms with Crippen molar-refractivity contribution in [2.45, 2.75) is 13.3 Å². The van der Waals surface area contributed by atoms with Crippen molar-refractivity contribution in [1.82, 2.24) is 0 Å². The monoisotopic (exact) mass is 273 g/mol. The third-order valence-corrected chi connectivity index (χ3v) is 3.04. The van der Waals surface area contributed by atoms with Crippen molar-refractivity contribution in [3.05, 3.63) is 75.1 Å². The van der Waals surface area contributed by atoms with Crippen LogP contribution in [0.15, 0.2) is 42.5 Å². The summed E-state index contributed by atoms with van der Waals surface area (Å²) in [6.45, 7) is 1.69. The summed E-state index contributed by atoms with van der Waals surface area (Å²) in [6, 6.07) is 10.1. The average Bonchev–Trinajstić information content (AvgIpc) is 2.41. The number of aryl methyl sites for hydroxylation is 1. The number of nitro benzene ring substituents is 1. The lowest BCUT2D eigenvalue weighted by atomic mass is 9.98. The van der Waals surface area contributed by atoms with Crippen LogP contribution in [-0.4, -0.2) is 10.7 Å². The van der Waals surface area contributed by atoms with Crippen LogP contribution in [0.1, 0.15) is 21.5 Å². The summed E-state index contributed by atoms with van der Waals surface area (Å²) in [4.78, 5) is 22.4. The van der Waals surface area contributed by atoms with E-state index >= 15 is 0 Å². The van der Waals surface area contributed by atoms with E-state index in [1.807, 2.05) is 0 Å². The molecule has 2 aromatic carbocycles. The quantitative estimate of drug-likeness (QED) is 0.487. The van der Waals surface area contributed by atoms with Crippen molar-refractivity contribution in [1.29, 1.82) is 0 Å². The van der Waals surface area contributed by atoms with E-state index in [9.17, 15) is 19.3 Å². The minimum absolute atomic E-state index is 0.116. The van der Waals surface area contributed by atoms with E-state index in [1.165, 1.54) is 30.3 Å². The summed E-state index contributed by atoms with van der Waals surface area (Å²) in [5.41, 5.74) is 1.02. The minimum Gasteiger partial charge on any atom is -0.294 e. The highest BCUT2D eigenvalue weighted by molar-refractivity contribution is 5.99. The van der Waals surface area contributed by atoms with Crippen molar-refractivity contribution in [3.63, 3.8) is 0 Å². The van der Waals surface area contributed by atoms with Gasteiger partial charge in [-0.1, -0.05) is 24.3 Å². The van der Waals surface area contributed by atoms with Gasteiger partial charge in [0, 0.05) is 24.1 Å². The molecule has 5 heteroatoms. The first-order valence-corrected chi connectivity index (χ1v) is 6.00. The third-order valence-electron chi connectivity index (χ3n) is 3.04. The molecule has 20 heavy (non-hydrogen) atoms. The topological polar surface area (TPSA) is 60.2 Å². The van der Waals surface area contributed by atoms with Gasteiger partial charge in [-0.25, -0.2) is 4.39 Å². The van der Waals surface area contributed by atoms with Gasteiger partial charge in [0.1, 0.15) is 5.82 Å². The van der Waals surface area contributed by atoms with Gasteiger partial charge in [0.2, 0.25) is 0 Å². The van der Waals surface area contributed by atoms with Crippen molar-refractivity contribution in [2.24, 2.45) is 0 Å². The molecule has 0 aliphatic carbocycles. The molecule has 0 aromatic heterocycles. The van der Waals surface area contributed by atoms with Crippen molar-refractivity contribution in [2.75, 3.05) is 0 Å². The fraction of sp³-hybridized carbons (Fsp3) is 0.133. The Balaban J connectivity index is 2.32. The van der Waals surface area contributed by atoms with Crippen LogP contribution < -0.4 is 0 Å². The molecule has 0 bridgehead atoms. The number of nitro groups is 1. The highest BCUT2D eigenvalue weighted by Gasteiger charge is 2.16. The number of nitrogens with zero attached hydrogens (tertiary/aromatic N) is 1. The van der Waals surface area contributed by atoms with E-state index in [0.717, 1.165) is 0 Å². The van der Waals surface area contributed by atoms with E-state index in [1.54, 1.807) is 19.1 Å². The summed E-state index contributed by atoms with van der Waals surface area (Å²) in [6.07, 6.45) is -0.116. The average molecular weight is 273 g/mol. The normalized spacial score (nSPS) is 10.3. The van der Waals surface area contributed by atoms with Gasteiger partial charge < -0.3 is 0 Å². The van der Waals surface area contributed by atoms with Crippen LogP contribution in [0.2, 0.25) is 0 Å². The van der Waals surface area contributed by atoms with E-state index in [0.29, 0.717) is 5.56 Å². The van der Waals surface area contributed by atoms with Crippen LogP contribution >= 0.6 is 0 Å². The molecular weight excluding hydrogens is 261 g/mol. The largest absolute Gasteiger partial charge is 0.294 e. The van der Waals surface area contributed by atoms with E-state index in [4.69, 9.17) is 0 Å². The highest BCUT2D eigenvalue weighted by atomic mass is 19.1. The van der Waals surface area contributed by atoms with Crippen LogP contribution in [0.3, 0.4) is 0 Å². The standard InChI is InChI=1S/C15H12FNO3/c1-10-6-7-12(17(19)20)9-13(10)15(18)8-11-4-2-3-5-14(11)16/h2-7,9H,8H2,1H3. The highest BCUT2D eigenvalue weighted by Crippen LogP contribution is 2.20. The van der Waals surface area contributed by atoms with Gasteiger partial charge in [-0.15, -0.1) is 0 Å². The van der Waals surface area contributed by atoms with E-state index in [2.05, 4.69) is 0 Å². The molecule has 0 aliphatic rings. The maximum Gasteiger partial charge on any atom is 0.270 e. The molecule has 0 radical (unpaired) electrons. The van der Waals surface area contributed by atoms with Gasteiger partial charge in [0.15, 0.2) is 5.78 Å². The molecule has 0 N–H and O–H groups in total. The number of hydrogen-bond acceptors (Lipinski definition) is 3. The molecule has 0 atom stereocenters. The number of benzene rings is 2. The smallest absolute Gasteiger partial charge is 0.270 e. The molecular formula is C15H12FNO3. The second-order valence-corrected chi connectivity index (χ2v) is 4.45. The summed E-state index contributed by atoms with van der Waals surface area (Å²) < 4.78 is 13.5. The number of ketones is 1. The number of non-ortho nitro benzene ring substituents is 1. The first kappa shape index (κ1) is 13.9. The lowest BCUT2D eigenvalue weighted by molar-refractivity contribution is -0.384. The molecule has 4 nitrogen and oxygen atoms in total. The molecule has 0 saturated heterocycles. The second-order valence-electron chi connectivity index (χ2n) is 4.45. The lowest BCUT2D eigenvalue weighted by Gasteiger charge is -2.06. The Hall–Kier alpha value is -2.56. The van der Waals surface area contributed by atoms with Crippen LogP contribution in [0.25, 0.3) is 0 Å². The number of Topliss-reactive ketones (excluding diaryl/α,β-unsaturated/α-hetero) is 1. The molecule has 0 unspecified atom stereocenters. The Kier molecular flexibility index (Phi) is 3.89. The molecule has 0 fully saturated rings. The Morgan fingerprint density at radius 1 is 1.25 bits per heavy atom. The van der Waals surface area contributed by atoms with Gasteiger partial charge >= 0.3 is 0 Å². The number of carbonyl (C=O) groups is 1. The molecule has 0 aliphatic heterocycles. The molecule has 0 amide bonds. The van der Waals surface area contributed by atoms with Gasteiger partial charge in [0.05, 0.1) is 4.92 Å². The maximum atomic E-state index is 13.5. The zero-order valence-corrected chi connectivity index (χ0v) is 10.8. The first-order valence-electron chi connectivity index (χ1n) is 6.00. The summed E-state index contributed by atoms with van der Waals surface area (Å²) in [7, 11) is 0. The van der Waals surface area contributed by atoms with Crippen molar-refractivity contribution >= 4 is 11.5 Å². The van der Waals surface area contributed by atoms with Crippen LogP contribution in [0, 0.1) is 22.9 Å². The van der Waals surface area contributed by atoms with Crippen molar-refractivity contribution < 1.29 is 14.1 Å². The SMILES string of the molecule is Cc1ccc([N+](=O)[O-])cc1C(=O)Cc1ccccc1F. The zero-order chi connectivity index (χ0) is 14.7. The second kappa shape index (κ2) is 5.61. The first-order chi connectivity index (χ1) is 9.49. The van der Waals surface area contributed by atoms with Gasteiger partial charge in [-0.3, -0.25) is 14.9 Å². The van der Waals surface area contributed by atoms with Crippen LogP contribution in [0.4, 0.5) is 10.1 Å². The molecule has 0 saturated carbocycles. The van der Waals surface area contributed by atoms with E-state index < -0.39 is 10.7 Å². The molecule has 102 valence electrons. The number of hydrogen-bond donors (Lipinski definition) is 0. The molecule has 0 heterocycles. The Bertz CT molecular complexity index is 683. The molecule has 2 rings (SSSR count). The number of rotatable bonds is 4. The van der Waals surface area contributed by atoms with Crippen molar-refractivity contribution in [3.8, 4) is 0 Å². The van der Waals surface area contributed by atoms with Gasteiger partial charge in [-0.2, -0.15) is 0 Å².